The van der Waals surface area contributed by atoms with Gasteiger partial charge in [-0.25, -0.2) is 4.79 Å². The van der Waals surface area contributed by atoms with E-state index in [1.807, 2.05) is 19.1 Å². The first-order valence-electron chi connectivity index (χ1n) is 5.76. The van der Waals surface area contributed by atoms with Crippen molar-refractivity contribution in [2.24, 2.45) is 5.41 Å². The lowest BCUT2D eigenvalue weighted by Crippen LogP contribution is -2.19. The van der Waals surface area contributed by atoms with Crippen LogP contribution in [0.3, 0.4) is 0 Å². The second-order valence-corrected chi connectivity index (χ2v) is 5.44. The van der Waals surface area contributed by atoms with Crippen LogP contribution in [-0.2, 0) is 4.74 Å². The molecule has 17 heavy (non-hydrogen) atoms. The van der Waals surface area contributed by atoms with Crippen molar-refractivity contribution < 1.29 is 9.53 Å². The molecule has 0 aliphatic heterocycles. The van der Waals surface area contributed by atoms with Crippen molar-refractivity contribution in [2.45, 2.75) is 27.7 Å². The molecule has 94 valence electrons. The SMILES string of the molecule is COC(=O)c1ccc(NCC(C)(C)C)c(C)c1. The number of anilines is 1. The van der Waals surface area contributed by atoms with Gasteiger partial charge in [-0.15, -0.1) is 0 Å². The summed E-state index contributed by atoms with van der Waals surface area (Å²) in [5, 5.41) is 3.38. The lowest BCUT2D eigenvalue weighted by Gasteiger charge is -2.20. The third-order valence-electron chi connectivity index (χ3n) is 2.46. The first kappa shape index (κ1) is 13.6. The van der Waals surface area contributed by atoms with Crippen molar-refractivity contribution >= 4 is 11.7 Å². The van der Waals surface area contributed by atoms with Gasteiger partial charge in [0.25, 0.3) is 0 Å². The lowest BCUT2D eigenvalue weighted by atomic mass is 9.96. The van der Waals surface area contributed by atoms with Crippen LogP contribution in [0.4, 0.5) is 5.69 Å². The first-order chi connectivity index (χ1) is 7.83. The minimum absolute atomic E-state index is 0.230. The van der Waals surface area contributed by atoms with Crippen LogP contribution in [0, 0.1) is 12.3 Å². The van der Waals surface area contributed by atoms with Crippen LogP contribution >= 0.6 is 0 Å². The molecular formula is C14H21NO2. The van der Waals surface area contributed by atoms with Gasteiger partial charge in [0, 0.05) is 12.2 Å². The summed E-state index contributed by atoms with van der Waals surface area (Å²) in [5.74, 6) is -0.296. The minimum Gasteiger partial charge on any atom is -0.465 e. The second-order valence-electron chi connectivity index (χ2n) is 5.44. The van der Waals surface area contributed by atoms with E-state index in [1.54, 1.807) is 6.07 Å². The third kappa shape index (κ3) is 4.10. The lowest BCUT2D eigenvalue weighted by molar-refractivity contribution is 0.0600. The van der Waals surface area contributed by atoms with Gasteiger partial charge in [0.1, 0.15) is 0 Å². The van der Waals surface area contributed by atoms with E-state index in [-0.39, 0.29) is 11.4 Å². The Morgan fingerprint density at radius 2 is 2.00 bits per heavy atom. The summed E-state index contributed by atoms with van der Waals surface area (Å²) < 4.78 is 4.69. The molecule has 0 aliphatic carbocycles. The second kappa shape index (κ2) is 5.21. The highest BCUT2D eigenvalue weighted by atomic mass is 16.5. The molecule has 0 spiro atoms. The van der Waals surface area contributed by atoms with Gasteiger partial charge in [-0.3, -0.25) is 0 Å². The van der Waals surface area contributed by atoms with Crippen molar-refractivity contribution in [3.63, 3.8) is 0 Å². The van der Waals surface area contributed by atoms with Crippen molar-refractivity contribution in [1.29, 1.82) is 0 Å². The minimum atomic E-state index is -0.296. The zero-order chi connectivity index (χ0) is 13.1. The molecule has 3 heteroatoms. The largest absolute Gasteiger partial charge is 0.465 e. The molecule has 1 aromatic rings. The van der Waals surface area contributed by atoms with Crippen LogP contribution in [0.1, 0.15) is 36.7 Å². The topological polar surface area (TPSA) is 38.3 Å². The molecule has 0 saturated heterocycles. The molecular weight excluding hydrogens is 214 g/mol. The van der Waals surface area contributed by atoms with Crippen molar-refractivity contribution in [1.82, 2.24) is 0 Å². The third-order valence-corrected chi connectivity index (χ3v) is 2.46. The fourth-order valence-corrected chi connectivity index (χ4v) is 1.47. The number of hydrogen-bond donors (Lipinski definition) is 1. The Hall–Kier alpha value is -1.51. The summed E-state index contributed by atoms with van der Waals surface area (Å²) in [6.07, 6.45) is 0. The Bertz CT molecular complexity index is 405. The normalized spacial score (nSPS) is 11.1. The van der Waals surface area contributed by atoms with Crippen LogP contribution in [-0.4, -0.2) is 19.6 Å². The average Bonchev–Trinajstić information content (AvgIpc) is 2.25. The zero-order valence-electron chi connectivity index (χ0n) is 11.3. The maximum Gasteiger partial charge on any atom is 0.337 e. The van der Waals surface area contributed by atoms with Gasteiger partial charge in [0.15, 0.2) is 0 Å². The molecule has 1 aromatic carbocycles. The number of nitrogens with one attached hydrogen (secondary N) is 1. The highest BCUT2D eigenvalue weighted by Crippen LogP contribution is 2.20. The maximum atomic E-state index is 11.4. The smallest absolute Gasteiger partial charge is 0.337 e. The van der Waals surface area contributed by atoms with Gasteiger partial charge in [0.05, 0.1) is 12.7 Å². The molecule has 0 heterocycles. The summed E-state index contributed by atoms with van der Waals surface area (Å²) in [7, 11) is 1.39. The number of carbonyl (C=O) groups is 1. The van der Waals surface area contributed by atoms with Crippen LogP contribution in [0.5, 0.6) is 0 Å². The summed E-state index contributed by atoms with van der Waals surface area (Å²) >= 11 is 0. The summed E-state index contributed by atoms with van der Waals surface area (Å²) in [4.78, 5) is 11.4. The number of aryl methyl sites for hydroxylation is 1. The Labute approximate surface area is 103 Å². The number of carbonyl (C=O) groups excluding carboxylic acids is 1. The number of benzene rings is 1. The van der Waals surface area contributed by atoms with Crippen molar-refractivity contribution in [3.05, 3.63) is 29.3 Å². The van der Waals surface area contributed by atoms with Crippen molar-refractivity contribution in [2.75, 3.05) is 19.0 Å². The van der Waals surface area contributed by atoms with Crippen LogP contribution in [0.25, 0.3) is 0 Å². The van der Waals surface area contributed by atoms with Crippen LogP contribution < -0.4 is 5.32 Å². The van der Waals surface area contributed by atoms with Gasteiger partial charge in [-0.05, 0) is 36.1 Å². The van der Waals surface area contributed by atoms with Gasteiger partial charge in [-0.1, -0.05) is 20.8 Å². The van der Waals surface area contributed by atoms with E-state index in [2.05, 4.69) is 30.8 Å². The molecule has 0 aromatic heterocycles. The van der Waals surface area contributed by atoms with E-state index in [1.165, 1.54) is 7.11 Å². The van der Waals surface area contributed by atoms with E-state index in [4.69, 9.17) is 0 Å². The molecule has 0 bridgehead atoms. The van der Waals surface area contributed by atoms with Crippen molar-refractivity contribution in [3.8, 4) is 0 Å². The predicted octanol–water partition coefficient (Wildman–Crippen LogP) is 3.24. The number of rotatable bonds is 3. The molecule has 1 rings (SSSR count). The molecule has 3 nitrogen and oxygen atoms in total. The van der Waals surface area contributed by atoms with E-state index < -0.39 is 0 Å². The Kier molecular flexibility index (Phi) is 4.16. The number of hydrogen-bond acceptors (Lipinski definition) is 3. The highest BCUT2D eigenvalue weighted by molar-refractivity contribution is 5.90. The number of ether oxygens (including phenoxy) is 1. The van der Waals surface area contributed by atoms with E-state index in [9.17, 15) is 4.79 Å². The molecule has 1 N–H and O–H groups in total. The fraction of sp³-hybridized carbons (Fsp3) is 0.500. The fourth-order valence-electron chi connectivity index (χ4n) is 1.47. The summed E-state index contributed by atoms with van der Waals surface area (Å²) in [6, 6.07) is 5.55. The monoisotopic (exact) mass is 235 g/mol. The predicted molar refractivity (Wildman–Crippen MR) is 70.5 cm³/mol. The summed E-state index contributed by atoms with van der Waals surface area (Å²) in [6.45, 7) is 9.41. The average molecular weight is 235 g/mol. The van der Waals surface area contributed by atoms with E-state index in [0.717, 1.165) is 17.8 Å². The zero-order valence-corrected chi connectivity index (χ0v) is 11.3. The highest BCUT2D eigenvalue weighted by Gasteiger charge is 2.11. The van der Waals surface area contributed by atoms with Gasteiger partial charge < -0.3 is 10.1 Å². The molecule has 0 atom stereocenters. The van der Waals surface area contributed by atoms with Gasteiger partial charge >= 0.3 is 5.97 Å². The Morgan fingerprint density at radius 1 is 1.35 bits per heavy atom. The molecule has 0 unspecified atom stereocenters. The number of esters is 1. The molecule has 0 saturated carbocycles. The molecule has 0 aliphatic rings. The van der Waals surface area contributed by atoms with Gasteiger partial charge in [-0.2, -0.15) is 0 Å². The Morgan fingerprint density at radius 3 is 2.47 bits per heavy atom. The van der Waals surface area contributed by atoms with Crippen LogP contribution in [0.2, 0.25) is 0 Å². The van der Waals surface area contributed by atoms with Gasteiger partial charge in [0.2, 0.25) is 0 Å². The number of methoxy groups -OCH3 is 1. The quantitative estimate of drug-likeness (QED) is 0.817. The maximum absolute atomic E-state index is 11.4. The van der Waals surface area contributed by atoms with E-state index >= 15 is 0 Å². The summed E-state index contributed by atoms with van der Waals surface area (Å²) in [5.41, 5.74) is 2.93. The van der Waals surface area contributed by atoms with Crippen LogP contribution in [0.15, 0.2) is 18.2 Å². The molecule has 0 radical (unpaired) electrons. The molecule has 0 amide bonds. The first-order valence-corrected chi connectivity index (χ1v) is 5.76. The molecule has 0 fully saturated rings. The Balaban J connectivity index is 2.80. The van der Waals surface area contributed by atoms with E-state index in [0.29, 0.717) is 5.56 Å². The standard InChI is InChI=1S/C14H21NO2/c1-10-8-11(13(16)17-5)6-7-12(10)15-9-14(2,3)4/h6-8,15H,9H2,1-5H3.